The van der Waals surface area contributed by atoms with Crippen LogP contribution in [0.15, 0.2) is 65.5 Å². The van der Waals surface area contributed by atoms with Crippen molar-refractivity contribution in [3.8, 4) is 5.69 Å². The molecule has 0 bridgehead atoms. The third-order valence-electron chi connectivity index (χ3n) is 12.1. The molecule has 44 heavy (non-hydrogen) atoms. The van der Waals surface area contributed by atoms with E-state index in [2.05, 4.69) is 65.8 Å². The minimum atomic E-state index is -1.45. The third kappa shape index (κ3) is 3.93. The number of hydrogen-bond acceptors (Lipinski definition) is 6. The molecule has 228 valence electrons. The lowest BCUT2D eigenvalue weighted by Gasteiger charge is -2.60. The fourth-order valence-electron chi connectivity index (χ4n) is 9.89. The van der Waals surface area contributed by atoms with E-state index in [9.17, 15) is 15.0 Å². The van der Waals surface area contributed by atoms with Gasteiger partial charge in [-0.3, -0.25) is 4.79 Å². The first-order chi connectivity index (χ1) is 21.1. The van der Waals surface area contributed by atoms with Gasteiger partial charge in [0.15, 0.2) is 10.9 Å². The van der Waals surface area contributed by atoms with Crippen molar-refractivity contribution in [1.29, 1.82) is 0 Å². The summed E-state index contributed by atoms with van der Waals surface area (Å²) >= 11 is 1.36. The van der Waals surface area contributed by atoms with Gasteiger partial charge in [0.2, 0.25) is 0 Å². The van der Waals surface area contributed by atoms with Crippen LogP contribution in [-0.2, 0) is 11.2 Å². The second-order valence-corrected chi connectivity index (χ2v) is 15.2. The maximum Gasteiger partial charge on any atom is 0.175 e. The van der Waals surface area contributed by atoms with Gasteiger partial charge in [-0.25, -0.2) is 9.67 Å². The molecular weight excluding hydrogens is 568 g/mol. The van der Waals surface area contributed by atoms with Crippen LogP contribution in [0, 0.1) is 35.5 Å². The Kier molecular flexibility index (Phi) is 6.36. The van der Waals surface area contributed by atoms with Crippen LogP contribution in [0.5, 0.6) is 0 Å². The smallest absolute Gasteiger partial charge is 0.175 e. The fourth-order valence-corrected chi connectivity index (χ4v) is 10.7. The highest BCUT2D eigenvalue weighted by Gasteiger charge is 2.68. The van der Waals surface area contributed by atoms with Crippen molar-refractivity contribution in [2.45, 2.75) is 76.2 Å². The normalized spacial score (nSPS) is 34.2. The van der Waals surface area contributed by atoms with Gasteiger partial charge in [0.1, 0.15) is 5.60 Å². The summed E-state index contributed by atoms with van der Waals surface area (Å²) in [7, 11) is 0. The lowest BCUT2D eigenvalue weighted by atomic mass is 9.45. The van der Waals surface area contributed by atoms with Gasteiger partial charge in [0.05, 0.1) is 40.5 Å². The number of aliphatic hydroxyl groups is 2. The number of carbonyl (C=O) groups excluding carboxylic acids is 1. The van der Waals surface area contributed by atoms with E-state index in [1.165, 1.54) is 28.5 Å². The molecule has 0 spiro atoms. The van der Waals surface area contributed by atoms with Crippen LogP contribution in [0.3, 0.4) is 0 Å². The topological polar surface area (TPSA) is 104 Å². The molecule has 2 aromatic heterocycles. The predicted molar refractivity (Wildman–Crippen MR) is 173 cm³/mol. The second-order valence-electron chi connectivity index (χ2n) is 14.2. The standard InChI is InChI=1S/C36H40N4O3S/c1-21-8-4-7-11-28(21)40-29-16-23-12-13-24-25-14-15-36(43,31(42)20-44-33-38-26-9-5-6-10-27(26)39-33)35(25,3)18-30(41)32(24)34(23,2)17-22(29)19-37-40/h4-11,16,19,24-25,30,32,41,43H,12-15,17-18,20H2,1-3H3,(H,38,39)/t24?,25?,30-,32?,34?,35?,36-/m0/s1. The highest BCUT2D eigenvalue weighted by atomic mass is 32.2. The van der Waals surface area contributed by atoms with Crippen LogP contribution < -0.4 is 0 Å². The van der Waals surface area contributed by atoms with Gasteiger partial charge >= 0.3 is 0 Å². The zero-order valence-corrected chi connectivity index (χ0v) is 26.4. The number of aliphatic hydroxyl groups excluding tert-OH is 1. The van der Waals surface area contributed by atoms with Gasteiger partial charge < -0.3 is 15.2 Å². The summed E-state index contributed by atoms with van der Waals surface area (Å²) in [6.07, 6.45) is 8.24. The van der Waals surface area contributed by atoms with Crippen LogP contribution in [-0.4, -0.2) is 53.2 Å². The summed E-state index contributed by atoms with van der Waals surface area (Å²) in [6.45, 7) is 6.54. The van der Waals surface area contributed by atoms with E-state index in [0.29, 0.717) is 18.0 Å². The number of nitrogens with one attached hydrogen (secondary N) is 1. The first-order valence-electron chi connectivity index (χ1n) is 16.0. The number of benzene rings is 2. The number of nitrogens with zero attached hydrogens (tertiary/aromatic N) is 3. The number of aromatic nitrogens is 4. The number of H-pyrrole nitrogens is 1. The summed E-state index contributed by atoms with van der Waals surface area (Å²) in [6, 6.07) is 16.2. The fraction of sp³-hybridized carbons (Fsp3) is 0.472. The van der Waals surface area contributed by atoms with Crippen molar-refractivity contribution < 1.29 is 15.0 Å². The molecule has 7 atom stereocenters. The molecule has 4 aliphatic rings. The van der Waals surface area contributed by atoms with Crippen LogP contribution in [0.25, 0.3) is 22.8 Å². The Labute approximate surface area is 262 Å². The highest BCUT2D eigenvalue weighted by molar-refractivity contribution is 7.99. The number of aromatic amines is 1. The molecule has 0 saturated heterocycles. The number of thioether (sulfide) groups is 1. The molecule has 7 nitrogen and oxygen atoms in total. The minimum Gasteiger partial charge on any atom is -0.393 e. The largest absolute Gasteiger partial charge is 0.393 e. The van der Waals surface area contributed by atoms with Crippen molar-refractivity contribution in [3.63, 3.8) is 0 Å². The lowest BCUT2D eigenvalue weighted by Crippen LogP contribution is -2.62. The van der Waals surface area contributed by atoms with Crippen molar-refractivity contribution in [2.24, 2.45) is 28.6 Å². The maximum absolute atomic E-state index is 13.8. The Morgan fingerprint density at radius 1 is 1.14 bits per heavy atom. The van der Waals surface area contributed by atoms with E-state index in [4.69, 9.17) is 5.10 Å². The SMILES string of the molecule is Cc1ccccc1-n1ncc2c1C=C1CCC3C([C@@H](O)CC4(C)C3CC[C@]4(O)C(=O)CSc3nc4ccccc4[nH]3)C1(C)C2. The Balaban J connectivity index is 1.06. The molecule has 8 rings (SSSR count). The molecule has 3 saturated carbocycles. The van der Waals surface area contributed by atoms with Gasteiger partial charge in [0, 0.05) is 5.41 Å². The number of fused-ring (bicyclic) bond motifs is 7. The first-order valence-corrected chi connectivity index (χ1v) is 17.0. The second kappa shape index (κ2) is 9.90. The molecule has 0 radical (unpaired) electrons. The molecule has 4 aliphatic carbocycles. The molecule has 3 fully saturated rings. The Bertz CT molecular complexity index is 1790. The van der Waals surface area contributed by atoms with Gasteiger partial charge in [-0.2, -0.15) is 5.10 Å². The van der Waals surface area contributed by atoms with Gasteiger partial charge in [-0.15, -0.1) is 0 Å². The summed E-state index contributed by atoms with van der Waals surface area (Å²) in [5.41, 5.74) is 5.58. The molecule has 8 heteroatoms. The number of Topliss-reactive ketones (excluding diaryl/α,β-unsaturated/α-hetero) is 1. The van der Waals surface area contributed by atoms with E-state index < -0.39 is 17.1 Å². The third-order valence-corrected chi connectivity index (χ3v) is 13.0. The monoisotopic (exact) mass is 608 g/mol. The summed E-state index contributed by atoms with van der Waals surface area (Å²) in [5.74, 6) is 0.533. The molecule has 0 aliphatic heterocycles. The maximum atomic E-state index is 13.8. The minimum absolute atomic E-state index is 0.0814. The van der Waals surface area contributed by atoms with Gasteiger partial charge in [0.25, 0.3) is 0 Å². The van der Waals surface area contributed by atoms with E-state index in [1.807, 2.05) is 30.5 Å². The molecule has 2 heterocycles. The van der Waals surface area contributed by atoms with Crippen LogP contribution >= 0.6 is 11.8 Å². The number of hydrogen-bond donors (Lipinski definition) is 3. The van der Waals surface area contributed by atoms with E-state index in [1.54, 1.807) is 0 Å². The van der Waals surface area contributed by atoms with E-state index in [0.717, 1.165) is 48.1 Å². The molecule has 2 aromatic carbocycles. The number of aryl methyl sites for hydroxylation is 1. The number of allylic oxidation sites excluding steroid dienone is 1. The summed E-state index contributed by atoms with van der Waals surface area (Å²) in [5, 5.41) is 29.7. The van der Waals surface area contributed by atoms with E-state index in [-0.39, 0.29) is 34.7 Å². The highest BCUT2D eigenvalue weighted by Crippen LogP contribution is 2.67. The average Bonchev–Trinajstić information content (AvgIpc) is 3.68. The predicted octanol–water partition coefficient (Wildman–Crippen LogP) is 6.30. The van der Waals surface area contributed by atoms with E-state index >= 15 is 0 Å². The van der Waals surface area contributed by atoms with Gasteiger partial charge in [-0.1, -0.05) is 61.5 Å². The quantitative estimate of drug-likeness (QED) is 0.230. The molecule has 5 unspecified atom stereocenters. The van der Waals surface area contributed by atoms with Crippen molar-refractivity contribution in [1.82, 2.24) is 19.7 Å². The number of ketones is 1. The van der Waals surface area contributed by atoms with Crippen LogP contribution in [0.1, 0.15) is 62.8 Å². The molecule has 0 amide bonds. The Morgan fingerprint density at radius 3 is 2.75 bits per heavy atom. The summed E-state index contributed by atoms with van der Waals surface area (Å²) < 4.78 is 2.07. The number of imidazole rings is 1. The first kappa shape index (κ1) is 28.3. The van der Waals surface area contributed by atoms with Crippen molar-refractivity contribution in [2.75, 3.05) is 5.75 Å². The zero-order chi connectivity index (χ0) is 30.4. The van der Waals surface area contributed by atoms with Crippen molar-refractivity contribution >= 4 is 34.7 Å². The zero-order valence-electron chi connectivity index (χ0n) is 25.6. The summed E-state index contributed by atoms with van der Waals surface area (Å²) in [4.78, 5) is 21.7. The van der Waals surface area contributed by atoms with Gasteiger partial charge in [-0.05, 0) is 104 Å². The van der Waals surface area contributed by atoms with Crippen LogP contribution in [0.2, 0.25) is 0 Å². The lowest BCUT2D eigenvalue weighted by molar-refractivity contribution is -0.177. The average molecular weight is 609 g/mol. The molecule has 4 aromatic rings. The Morgan fingerprint density at radius 2 is 1.93 bits per heavy atom. The molecular formula is C36H40N4O3S. The number of carbonyl (C=O) groups is 1. The number of para-hydroxylation sites is 3. The van der Waals surface area contributed by atoms with Crippen molar-refractivity contribution in [3.05, 3.63) is 77.1 Å². The Hall–Kier alpha value is -3.20. The number of rotatable bonds is 5. The van der Waals surface area contributed by atoms with Crippen LogP contribution in [0.4, 0.5) is 0 Å². The molecule has 3 N–H and O–H groups in total.